The van der Waals surface area contributed by atoms with Crippen LogP contribution < -0.4 is 21.7 Å². The van der Waals surface area contributed by atoms with Crippen molar-refractivity contribution in [3.05, 3.63) is 0 Å². The number of amides is 3. The Morgan fingerprint density at radius 3 is 2.25 bits per heavy atom. The number of carboxylic acid groups (broad SMARTS) is 1. The summed E-state index contributed by atoms with van der Waals surface area (Å²) in [4.78, 5) is 44.3. The monoisotopic (exact) mass is 306 g/mol. The lowest BCUT2D eigenvalue weighted by Crippen LogP contribution is -2.52. The fourth-order valence-electron chi connectivity index (χ4n) is 1.03. The zero-order chi connectivity index (χ0) is 15.7. The van der Waals surface area contributed by atoms with Crippen LogP contribution in [0.15, 0.2) is 0 Å². The number of aliphatic carboxylic acids is 1. The highest BCUT2D eigenvalue weighted by Gasteiger charge is 2.19. The summed E-state index contributed by atoms with van der Waals surface area (Å²) in [6.07, 6.45) is 0. The lowest BCUT2D eigenvalue weighted by molar-refractivity contribution is -0.138. The quantitative estimate of drug-likeness (QED) is 0.264. The highest BCUT2D eigenvalue weighted by Crippen LogP contribution is 1.87. The van der Waals surface area contributed by atoms with Crippen LogP contribution in [0.3, 0.4) is 0 Å². The van der Waals surface area contributed by atoms with Crippen LogP contribution in [0, 0.1) is 0 Å². The van der Waals surface area contributed by atoms with E-state index in [9.17, 15) is 19.2 Å². The Morgan fingerprint density at radius 2 is 1.75 bits per heavy atom. The Hall–Kier alpha value is -1.81. The fraction of sp³-hybridized carbons (Fsp3) is 0.600. The third kappa shape index (κ3) is 7.59. The van der Waals surface area contributed by atoms with Crippen molar-refractivity contribution >= 4 is 36.3 Å². The second kappa shape index (κ2) is 9.15. The molecule has 0 aromatic heterocycles. The third-order valence-electron chi connectivity index (χ3n) is 2.15. The molecule has 2 atom stereocenters. The molecule has 114 valence electrons. The lowest BCUT2D eigenvalue weighted by Gasteiger charge is -2.16. The van der Waals surface area contributed by atoms with E-state index in [4.69, 9.17) is 10.8 Å². The molecule has 2 unspecified atom stereocenters. The van der Waals surface area contributed by atoms with Crippen molar-refractivity contribution in [2.75, 3.05) is 18.8 Å². The van der Waals surface area contributed by atoms with Gasteiger partial charge >= 0.3 is 5.97 Å². The predicted molar refractivity (Wildman–Crippen MR) is 73.1 cm³/mol. The van der Waals surface area contributed by atoms with E-state index in [-0.39, 0.29) is 12.3 Å². The van der Waals surface area contributed by atoms with Crippen LogP contribution in [0.2, 0.25) is 0 Å². The molecule has 0 radical (unpaired) electrons. The van der Waals surface area contributed by atoms with Gasteiger partial charge in [0.05, 0.1) is 12.6 Å². The number of nitrogens with two attached hydrogens (primary N) is 1. The van der Waals surface area contributed by atoms with Gasteiger partial charge in [-0.25, -0.2) is 0 Å². The van der Waals surface area contributed by atoms with Crippen molar-refractivity contribution in [2.24, 2.45) is 5.73 Å². The summed E-state index contributed by atoms with van der Waals surface area (Å²) in [5.74, 6) is -2.82. The molecule has 0 saturated carbocycles. The van der Waals surface area contributed by atoms with E-state index < -0.39 is 42.3 Å². The minimum Gasteiger partial charge on any atom is -0.480 e. The Bertz CT molecular complexity index is 390. The minimum atomic E-state index is -1.19. The predicted octanol–water partition coefficient (Wildman–Crippen LogP) is -2.93. The summed E-state index contributed by atoms with van der Waals surface area (Å²) in [5, 5.41) is 15.0. The number of carbonyl (C=O) groups is 4. The molecule has 6 N–H and O–H groups in total. The Balaban J connectivity index is 4.05. The van der Waals surface area contributed by atoms with Crippen molar-refractivity contribution in [1.29, 1.82) is 0 Å². The number of rotatable bonds is 8. The highest BCUT2D eigenvalue weighted by atomic mass is 32.1. The van der Waals surface area contributed by atoms with Gasteiger partial charge in [-0.3, -0.25) is 19.2 Å². The molecule has 0 saturated heterocycles. The molecule has 10 heteroatoms. The lowest BCUT2D eigenvalue weighted by atomic mass is 10.2. The number of hydrogen-bond acceptors (Lipinski definition) is 6. The van der Waals surface area contributed by atoms with Crippen LogP contribution in [0.4, 0.5) is 0 Å². The molecule has 0 rings (SSSR count). The largest absolute Gasteiger partial charge is 0.480 e. The van der Waals surface area contributed by atoms with Gasteiger partial charge in [0.25, 0.3) is 0 Å². The normalized spacial score (nSPS) is 12.9. The molecular weight excluding hydrogens is 288 g/mol. The molecule has 0 aromatic rings. The molecule has 0 spiro atoms. The Kier molecular flexibility index (Phi) is 8.32. The maximum Gasteiger partial charge on any atom is 0.322 e. The molecule has 3 amide bonds. The van der Waals surface area contributed by atoms with Crippen molar-refractivity contribution < 1.29 is 24.3 Å². The van der Waals surface area contributed by atoms with Crippen LogP contribution in [-0.2, 0) is 19.2 Å². The van der Waals surface area contributed by atoms with Crippen molar-refractivity contribution in [1.82, 2.24) is 16.0 Å². The molecule has 0 aliphatic rings. The van der Waals surface area contributed by atoms with Gasteiger partial charge < -0.3 is 26.8 Å². The number of carboxylic acids is 1. The average molecular weight is 306 g/mol. The van der Waals surface area contributed by atoms with Crippen LogP contribution in [0.5, 0.6) is 0 Å². The van der Waals surface area contributed by atoms with E-state index in [2.05, 4.69) is 28.6 Å². The van der Waals surface area contributed by atoms with Gasteiger partial charge in [0.1, 0.15) is 12.6 Å². The summed E-state index contributed by atoms with van der Waals surface area (Å²) >= 11 is 3.85. The van der Waals surface area contributed by atoms with Crippen LogP contribution in [0.1, 0.15) is 6.92 Å². The number of thiol groups is 1. The number of hydrogen-bond donors (Lipinski definition) is 6. The molecule has 0 fully saturated rings. The molecule has 0 aliphatic carbocycles. The van der Waals surface area contributed by atoms with Crippen LogP contribution >= 0.6 is 12.6 Å². The first-order valence-electron chi connectivity index (χ1n) is 5.71. The molecule has 9 nitrogen and oxygen atoms in total. The second-order valence-corrected chi connectivity index (χ2v) is 4.27. The molecular formula is C10H18N4O5S. The van der Waals surface area contributed by atoms with Gasteiger partial charge in [-0.05, 0) is 6.92 Å². The molecule has 0 aliphatic heterocycles. The zero-order valence-electron chi connectivity index (χ0n) is 10.9. The van der Waals surface area contributed by atoms with Gasteiger partial charge in [0.2, 0.25) is 17.7 Å². The summed E-state index contributed by atoms with van der Waals surface area (Å²) in [7, 11) is 0. The Morgan fingerprint density at radius 1 is 1.15 bits per heavy atom. The van der Waals surface area contributed by atoms with Gasteiger partial charge in [0, 0.05) is 5.75 Å². The smallest absolute Gasteiger partial charge is 0.322 e. The maximum absolute atomic E-state index is 11.5. The number of carbonyl (C=O) groups excluding carboxylic acids is 3. The molecule has 20 heavy (non-hydrogen) atoms. The highest BCUT2D eigenvalue weighted by molar-refractivity contribution is 7.80. The van der Waals surface area contributed by atoms with E-state index >= 15 is 0 Å². The number of nitrogens with one attached hydrogen (secondary N) is 3. The fourth-order valence-corrected chi connectivity index (χ4v) is 1.19. The first kappa shape index (κ1) is 18.2. The van der Waals surface area contributed by atoms with E-state index in [0.717, 1.165) is 0 Å². The van der Waals surface area contributed by atoms with E-state index in [1.807, 2.05) is 0 Å². The standard InChI is InChI=1S/C10H18N4O5S/c1-5(14-10(19)6(11)4-20)9(18)13-2-7(15)12-3-8(16)17/h5-6,20H,2-4,11H2,1H3,(H,12,15)(H,13,18)(H,14,19)(H,16,17). The third-order valence-corrected chi connectivity index (χ3v) is 2.54. The molecule has 0 aromatic carbocycles. The van der Waals surface area contributed by atoms with Gasteiger partial charge in [-0.1, -0.05) is 0 Å². The van der Waals surface area contributed by atoms with Gasteiger partial charge in [0.15, 0.2) is 0 Å². The summed E-state index contributed by atoms with van der Waals surface area (Å²) in [6, 6.07) is -1.70. The second-order valence-electron chi connectivity index (χ2n) is 3.91. The van der Waals surface area contributed by atoms with Crippen molar-refractivity contribution in [2.45, 2.75) is 19.0 Å². The van der Waals surface area contributed by atoms with E-state index in [1.54, 1.807) is 0 Å². The van der Waals surface area contributed by atoms with Crippen LogP contribution in [-0.4, -0.2) is 59.7 Å². The first-order valence-corrected chi connectivity index (χ1v) is 6.34. The average Bonchev–Trinajstić information content (AvgIpc) is 2.40. The molecule has 0 bridgehead atoms. The summed E-state index contributed by atoms with van der Waals surface area (Å²) < 4.78 is 0. The maximum atomic E-state index is 11.5. The summed E-state index contributed by atoms with van der Waals surface area (Å²) in [6.45, 7) is 0.510. The van der Waals surface area contributed by atoms with Crippen LogP contribution in [0.25, 0.3) is 0 Å². The zero-order valence-corrected chi connectivity index (χ0v) is 11.8. The van der Waals surface area contributed by atoms with E-state index in [0.29, 0.717) is 0 Å². The SMILES string of the molecule is CC(NC(=O)C(N)CS)C(=O)NCC(=O)NCC(=O)O. The first-order chi connectivity index (χ1) is 9.27. The van der Waals surface area contributed by atoms with Crippen molar-refractivity contribution in [3.63, 3.8) is 0 Å². The van der Waals surface area contributed by atoms with E-state index in [1.165, 1.54) is 6.92 Å². The van der Waals surface area contributed by atoms with Gasteiger partial charge in [-0.15, -0.1) is 0 Å². The molecule has 0 heterocycles. The topological polar surface area (TPSA) is 151 Å². The Labute approximate surface area is 121 Å². The van der Waals surface area contributed by atoms with Crippen molar-refractivity contribution in [3.8, 4) is 0 Å². The summed E-state index contributed by atoms with van der Waals surface area (Å²) in [5.41, 5.74) is 5.42. The van der Waals surface area contributed by atoms with Gasteiger partial charge in [-0.2, -0.15) is 12.6 Å². The minimum absolute atomic E-state index is 0.137.